The molecule has 0 amide bonds. The maximum Gasteiger partial charge on any atom is 0.0940 e. The van der Waals surface area contributed by atoms with Crippen LogP contribution in [0, 0.1) is 6.92 Å². The van der Waals surface area contributed by atoms with Crippen molar-refractivity contribution in [3.63, 3.8) is 0 Å². The van der Waals surface area contributed by atoms with Gasteiger partial charge in [0.2, 0.25) is 0 Å². The lowest BCUT2D eigenvalue weighted by Crippen LogP contribution is -2.23. The van der Waals surface area contributed by atoms with Crippen molar-refractivity contribution < 1.29 is 0 Å². The van der Waals surface area contributed by atoms with Crippen molar-refractivity contribution in [3.05, 3.63) is 45.9 Å². The monoisotopic (exact) mass is 276 g/mol. The van der Waals surface area contributed by atoms with Crippen molar-refractivity contribution in [3.8, 4) is 0 Å². The minimum absolute atomic E-state index is 0.507. The second-order valence-corrected chi connectivity index (χ2v) is 6.49. The molecule has 1 aromatic carbocycles. The number of nitrogens with one attached hydrogen (secondary N) is 1. The van der Waals surface area contributed by atoms with E-state index in [0.717, 1.165) is 24.4 Å². The van der Waals surface area contributed by atoms with Crippen LogP contribution in [0.5, 0.6) is 0 Å². The number of rotatable bonds is 4. The molecular weight excluding hydrogens is 260 g/mol. The molecular formula is C14H16N2S2. The summed E-state index contributed by atoms with van der Waals surface area (Å²) in [4.78, 5) is 5.92. The van der Waals surface area contributed by atoms with E-state index in [-0.39, 0.29) is 0 Å². The van der Waals surface area contributed by atoms with Crippen LogP contribution >= 0.6 is 23.1 Å². The van der Waals surface area contributed by atoms with Crippen molar-refractivity contribution in [2.45, 2.75) is 24.3 Å². The fourth-order valence-corrected chi connectivity index (χ4v) is 4.17. The highest BCUT2D eigenvalue weighted by molar-refractivity contribution is 7.99. The van der Waals surface area contributed by atoms with E-state index in [1.54, 1.807) is 11.3 Å². The molecule has 0 saturated heterocycles. The van der Waals surface area contributed by atoms with E-state index in [1.165, 1.54) is 15.5 Å². The van der Waals surface area contributed by atoms with E-state index >= 15 is 0 Å². The summed E-state index contributed by atoms with van der Waals surface area (Å²) in [5, 5.41) is 7.00. The number of thiazole rings is 1. The van der Waals surface area contributed by atoms with Crippen LogP contribution in [0.3, 0.4) is 0 Å². The van der Waals surface area contributed by atoms with Gasteiger partial charge >= 0.3 is 0 Å². The number of thioether (sulfide) groups is 1. The van der Waals surface area contributed by atoms with Gasteiger partial charge in [-0.3, -0.25) is 0 Å². The molecule has 2 heterocycles. The van der Waals surface area contributed by atoms with Crippen LogP contribution in [0.4, 0.5) is 0 Å². The number of hydrogen-bond donors (Lipinski definition) is 1. The second-order valence-electron chi connectivity index (χ2n) is 4.49. The van der Waals surface area contributed by atoms with E-state index in [0.29, 0.717) is 6.04 Å². The van der Waals surface area contributed by atoms with Gasteiger partial charge in [0.05, 0.1) is 5.01 Å². The smallest absolute Gasteiger partial charge is 0.0940 e. The summed E-state index contributed by atoms with van der Waals surface area (Å²) in [6.07, 6.45) is 1.03. The van der Waals surface area contributed by atoms with Gasteiger partial charge in [0.1, 0.15) is 0 Å². The van der Waals surface area contributed by atoms with Crippen LogP contribution in [0.25, 0.3) is 0 Å². The third-order valence-corrected chi connectivity index (χ3v) is 5.31. The first-order valence-corrected chi connectivity index (χ1v) is 8.05. The molecule has 0 fully saturated rings. The SMILES string of the molecule is Cc1csc(CCNC2CSc3ccccc32)n1. The fraction of sp³-hybridized carbons (Fsp3) is 0.357. The zero-order valence-corrected chi connectivity index (χ0v) is 12.0. The number of nitrogens with zero attached hydrogens (tertiary/aromatic N) is 1. The third kappa shape index (κ3) is 2.60. The molecule has 0 saturated carbocycles. The Morgan fingerprint density at radius 2 is 2.28 bits per heavy atom. The summed E-state index contributed by atoms with van der Waals surface area (Å²) in [5.41, 5.74) is 2.59. The molecule has 18 heavy (non-hydrogen) atoms. The Morgan fingerprint density at radius 3 is 3.11 bits per heavy atom. The minimum atomic E-state index is 0.507. The van der Waals surface area contributed by atoms with Crippen LogP contribution in [0.15, 0.2) is 34.5 Å². The van der Waals surface area contributed by atoms with Gasteiger partial charge in [0, 0.05) is 40.7 Å². The van der Waals surface area contributed by atoms with Gasteiger partial charge in [0.25, 0.3) is 0 Å². The zero-order valence-electron chi connectivity index (χ0n) is 10.3. The number of hydrogen-bond acceptors (Lipinski definition) is 4. The van der Waals surface area contributed by atoms with Crippen molar-refractivity contribution in [1.29, 1.82) is 0 Å². The van der Waals surface area contributed by atoms with Crippen molar-refractivity contribution >= 4 is 23.1 Å². The maximum absolute atomic E-state index is 4.49. The van der Waals surface area contributed by atoms with E-state index < -0.39 is 0 Å². The van der Waals surface area contributed by atoms with Gasteiger partial charge in [-0.05, 0) is 18.6 Å². The summed E-state index contributed by atoms with van der Waals surface area (Å²) in [6.45, 7) is 3.06. The molecule has 3 rings (SSSR count). The highest BCUT2D eigenvalue weighted by Gasteiger charge is 2.21. The number of aryl methyl sites for hydroxylation is 1. The lowest BCUT2D eigenvalue weighted by atomic mass is 10.1. The first-order chi connectivity index (χ1) is 8.83. The van der Waals surface area contributed by atoms with Crippen molar-refractivity contribution in [1.82, 2.24) is 10.3 Å². The normalized spacial score (nSPS) is 17.9. The van der Waals surface area contributed by atoms with Crippen LogP contribution in [0.1, 0.15) is 22.3 Å². The van der Waals surface area contributed by atoms with Gasteiger partial charge in [-0.25, -0.2) is 4.98 Å². The van der Waals surface area contributed by atoms with Crippen LogP contribution in [-0.4, -0.2) is 17.3 Å². The Kier molecular flexibility index (Phi) is 3.68. The standard InChI is InChI=1S/C14H16N2S2/c1-10-8-18-14(16-10)6-7-15-12-9-17-13-5-3-2-4-11(12)13/h2-5,8,12,15H,6-7,9H2,1H3. The average Bonchev–Trinajstić information content (AvgIpc) is 2.97. The summed E-state index contributed by atoms with van der Waals surface area (Å²) in [6, 6.07) is 9.20. The number of benzene rings is 1. The Balaban J connectivity index is 1.56. The van der Waals surface area contributed by atoms with Gasteiger partial charge < -0.3 is 5.32 Å². The first kappa shape index (κ1) is 12.2. The molecule has 94 valence electrons. The molecule has 4 heteroatoms. The fourth-order valence-electron chi connectivity index (χ4n) is 2.20. The molecule has 1 unspecified atom stereocenters. The third-order valence-electron chi connectivity index (χ3n) is 3.10. The summed E-state index contributed by atoms with van der Waals surface area (Å²) < 4.78 is 0. The maximum atomic E-state index is 4.49. The molecule has 1 aliphatic rings. The topological polar surface area (TPSA) is 24.9 Å². The number of fused-ring (bicyclic) bond motifs is 1. The summed E-state index contributed by atoms with van der Waals surface area (Å²) in [7, 11) is 0. The summed E-state index contributed by atoms with van der Waals surface area (Å²) >= 11 is 3.71. The van der Waals surface area contributed by atoms with Crippen molar-refractivity contribution in [2.24, 2.45) is 0 Å². The summed E-state index contributed by atoms with van der Waals surface area (Å²) in [5.74, 6) is 1.15. The quantitative estimate of drug-likeness (QED) is 0.926. The van der Waals surface area contributed by atoms with E-state index in [2.05, 4.69) is 46.9 Å². The Morgan fingerprint density at radius 1 is 1.39 bits per heavy atom. The molecule has 1 aromatic heterocycles. The lowest BCUT2D eigenvalue weighted by Gasteiger charge is -2.12. The largest absolute Gasteiger partial charge is 0.309 e. The highest BCUT2D eigenvalue weighted by Crippen LogP contribution is 2.37. The molecule has 0 aliphatic carbocycles. The second kappa shape index (κ2) is 5.43. The molecule has 2 aromatic rings. The Bertz CT molecular complexity index is 536. The van der Waals surface area contributed by atoms with Crippen LogP contribution < -0.4 is 5.32 Å². The van der Waals surface area contributed by atoms with Gasteiger partial charge in [-0.1, -0.05) is 18.2 Å². The molecule has 0 bridgehead atoms. The van der Waals surface area contributed by atoms with E-state index in [9.17, 15) is 0 Å². The predicted molar refractivity (Wildman–Crippen MR) is 78.5 cm³/mol. The van der Waals surface area contributed by atoms with Gasteiger partial charge in [-0.2, -0.15) is 0 Å². The molecule has 2 nitrogen and oxygen atoms in total. The van der Waals surface area contributed by atoms with Gasteiger partial charge in [-0.15, -0.1) is 23.1 Å². The predicted octanol–water partition coefficient (Wildman–Crippen LogP) is 3.43. The lowest BCUT2D eigenvalue weighted by molar-refractivity contribution is 0.584. The van der Waals surface area contributed by atoms with Gasteiger partial charge in [0.15, 0.2) is 0 Å². The Labute approximate surface area is 116 Å². The van der Waals surface area contributed by atoms with Crippen molar-refractivity contribution in [2.75, 3.05) is 12.3 Å². The van der Waals surface area contributed by atoms with E-state index in [4.69, 9.17) is 0 Å². The Hall–Kier alpha value is -0.840. The molecule has 1 aliphatic heterocycles. The van der Waals surface area contributed by atoms with Crippen LogP contribution in [0.2, 0.25) is 0 Å². The highest BCUT2D eigenvalue weighted by atomic mass is 32.2. The number of aromatic nitrogens is 1. The van der Waals surface area contributed by atoms with Crippen LogP contribution in [-0.2, 0) is 6.42 Å². The molecule has 0 spiro atoms. The van der Waals surface area contributed by atoms with E-state index in [1.807, 2.05) is 11.8 Å². The zero-order chi connectivity index (χ0) is 12.4. The molecule has 1 atom stereocenters. The first-order valence-electron chi connectivity index (χ1n) is 6.19. The molecule has 1 N–H and O–H groups in total. The minimum Gasteiger partial charge on any atom is -0.309 e. The molecule has 0 radical (unpaired) electrons. The average molecular weight is 276 g/mol.